The molecule has 0 aliphatic carbocycles. The number of pyridine rings is 1. The van der Waals surface area contributed by atoms with E-state index in [4.69, 9.17) is 5.11 Å². The Bertz CT molecular complexity index is 344. The summed E-state index contributed by atoms with van der Waals surface area (Å²) >= 11 is 3.17. The zero-order chi connectivity index (χ0) is 10.6. The van der Waals surface area contributed by atoms with Gasteiger partial charge in [-0.1, -0.05) is 0 Å². The molecule has 0 fully saturated rings. The van der Waals surface area contributed by atoms with Gasteiger partial charge in [-0.2, -0.15) is 4.39 Å². The highest BCUT2D eigenvalue weighted by Gasteiger charge is 2.05. The molecule has 5 heteroatoms. The van der Waals surface area contributed by atoms with Crippen LogP contribution in [0.5, 0.6) is 0 Å². The van der Waals surface area contributed by atoms with Crippen LogP contribution in [0.3, 0.4) is 0 Å². The van der Waals surface area contributed by atoms with E-state index in [0.29, 0.717) is 22.9 Å². The molecule has 3 nitrogen and oxygen atoms in total. The van der Waals surface area contributed by atoms with Gasteiger partial charge in [0.25, 0.3) is 0 Å². The Balaban J connectivity index is 2.57. The van der Waals surface area contributed by atoms with E-state index in [1.54, 1.807) is 6.07 Å². The first-order valence-corrected chi connectivity index (χ1v) is 4.90. The fourth-order valence-electron chi connectivity index (χ4n) is 1.07. The second-order valence-corrected chi connectivity index (χ2v) is 3.77. The molecule has 76 valence electrons. The largest absolute Gasteiger partial charge is 0.481 e. The Morgan fingerprint density at radius 3 is 3.00 bits per heavy atom. The van der Waals surface area contributed by atoms with E-state index in [2.05, 4.69) is 20.9 Å². The molecule has 1 heterocycles. The van der Waals surface area contributed by atoms with Crippen LogP contribution in [-0.4, -0.2) is 16.1 Å². The van der Waals surface area contributed by atoms with Crippen LogP contribution < -0.4 is 0 Å². The summed E-state index contributed by atoms with van der Waals surface area (Å²) in [5.41, 5.74) is 0.445. The lowest BCUT2D eigenvalue weighted by Gasteiger charge is -2.01. The van der Waals surface area contributed by atoms with Crippen molar-refractivity contribution in [3.05, 3.63) is 28.2 Å². The summed E-state index contributed by atoms with van der Waals surface area (Å²) in [6.45, 7) is 0. The summed E-state index contributed by atoms with van der Waals surface area (Å²) in [4.78, 5) is 13.7. The van der Waals surface area contributed by atoms with Gasteiger partial charge in [0.05, 0.1) is 0 Å². The molecule has 0 unspecified atom stereocenters. The van der Waals surface area contributed by atoms with Crippen LogP contribution in [-0.2, 0) is 11.2 Å². The summed E-state index contributed by atoms with van der Waals surface area (Å²) in [6, 6.07) is 1.62. The third-order valence-corrected chi connectivity index (χ3v) is 2.15. The molecule has 1 N–H and O–H groups in total. The minimum Gasteiger partial charge on any atom is -0.481 e. The van der Waals surface area contributed by atoms with E-state index < -0.39 is 11.9 Å². The van der Waals surface area contributed by atoms with E-state index in [1.807, 2.05) is 0 Å². The highest BCUT2D eigenvalue weighted by Crippen LogP contribution is 2.14. The lowest BCUT2D eigenvalue weighted by Crippen LogP contribution is -1.98. The lowest BCUT2D eigenvalue weighted by molar-refractivity contribution is -0.137. The Labute approximate surface area is 89.1 Å². The van der Waals surface area contributed by atoms with Gasteiger partial charge in [-0.3, -0.25) is 4.79 Å². The summed E-state index contributed by atoms with van der Waals surface area (Å²) in [7, 11) is 0. The van der Waals surface area contributed by atoms with Crippen molar-refractivity contribution in [3.8, 4) is 0 Å². The Morgan fingerprint density at radius 1 is 1.64 bits per heavy atom. The molecular weight excluding hydrogens is 253 g/mol. The van der Waals surface area contributed by atoms with Crippen LogP contribution in [0.2, 0.25) is 0 Å². The SMILES string of the molecule is O=C(O)CCCc1cc(Br)cnc1F. The predicted octanol–water partition coefficient (Wildman–Crippen LogP) is 2.39. The van der Waals surface area contributed by atoms with Crippen molar-refractivity contribution < 1.29 is 14.3 Å². The number of aliphatic carboxylic acids is 1. The normalized spacial score (nSPS) is 10.1. The fourth-order valence-corrected chi connectivity index (χ4v) is 1.45. The Kier molecular flexibility index (Phi) is 4.00. The second kappa shape index (κ2) is 5.05. The topological polar surface area (TPSA) is 50.2 Å². The molecule has 0 atom stereocenters. The highest BCUT2D eigenvalue weighted by atomic mass is 79.9. The molecule has 0 saturated heterocycles. The van der Waals surface area contributed by atoms with Crippen LogP contribution in [0.25, 0.3) is 0 Å². The summed E-state index contributed by atoms with van der Waals surface area (Å²) in [5, 5.41) is 8.40. The maximum absolute atomic E-state index is 13.0. The van der Waals surface area contributed by atoms with Gasteiger partial charge in [0.15, 0.2) is 0 Å². The van der Waals surface area contributed by atoms with Crippen molar-refractivity contribution in [1.29, 1.82) is 0 Å². The Morgan fingerprint density at radius 2 is 2.36 bits per heavy atom. The number of nitrogens with zero attached hydrogens (tertiary/aromatic N) is 1. The van der Waals surface area contributed by atoms with Crippen molar-refractivity contribution in [2.75, 3.05) is 0 Å². The first-order chi connectivity index (χ1) is 6.59. The molecule has 0 aliphatic rings. The number of hydrogen-bond donors (Lipinski definition) is 1. The van der Waals surface area contributed by atoms with Gasteiger partial charge in [0, 0.05) is 22.7 Å². The maximum Gasteiger partial charge on any atom is 0.303 e. The van der Waals surface area contributed by atoms with Crippen LogP contribution in [0, 0.1) is 5.95 Å². The zero-order valence-corrected chi connectivity index (χ0v) is 8.92. The van der Waals surface area contributed by atoms with Gasteiger partial charge in [-0.15, -0.1) is 0 Å². The predicted molar refractivity (Wildman–Crippen MR) is 52.5 cm³/mol. The van der Waals surface area contributed by atoms with Gasteiger partial charge in [0.2, 0.25) is 5.95 Å². The molecule has 0 radical (unpaired) electrons. The van der Waals surface area contributed by atoms with Crippen LogP contribution >= 0.6 is 15.9 Å². The number of aromatic nitrogens is 1. The van der Waals surface area contributed by atoms with E-state index in [1.165, 1.54) is 6.20 Å². The van der Waals surface area contributed by atoms with E-state index >= 15 is 0 Å². The molecule has 1 rings (SSSR count). The van der Waals surface area contributed by atoms with Crippen molar-refractivity contribution in [2.45, 2.75) is 19.3 Å². The third kappa shape index (κ3) is 3.41. The first kappa shape index (κ1) is 11.1. The molecule has 14 heavy (non-hydrogen) atoms. The minimum absolute atomic E-state index is 0.0476. The zero-order valence-electron chi connectivity index (χ0n) is 7.33. The lowest BCUT2D eigenvalue weighted by atomic mass is 10.1. The van der Waals surface area contributed by atoms with Gasteiger partial charge in [0.1, 0.15) is 0 Å². The number of aryl methyl sites for hydroxylation is 1. The average molecular weight is 262 g/mol. The van der Waals surface area contributed by atoms with Gasteiger partial charge >= 0.3 is 5.97 Å². The highest BCUT2D eigenvalue weighted by molar-refractivity contribution is 9.10. The van der Waals surface area contributed by atoms with E-state index in [-0.39, 0.29) is 6.42 Å². The maximum atomic E-state index is 13.0. The quantitative estimate of drug-likeness (QED) is 0.847. The smallest absolute Gasteiger partial charge is 0.303 e. The monoisotopic (exact) mass is 261 g/mol. The molecule has 1 aromatic heterocycles. The number of carboxylic acid groups (broad SMARTS) is 1. The number of carbonyl (C=O) groups is 1. The first-order valence-electron chi connectivity index (χ1n) is 4.11. The number of carboxylic acids is 1. The van der Waals surface area contributed by atoms with Crippen molar-refractivity contribution in [1.82, 2.24) is 4.98 Å². The van der Waals surface area contributed by atoms with Crippen LogP contribution in [0.15, 0.2) is 16.7 Å². The molecule has 0 amide bonds. The molecule has 0 spiro atoms. The molecule has 0 saturated carbocycles. The molecule has 0 bridgehead atoms. The Hall–Kier alpha value is -0.970. The molecular formula is C9H9BrFNO2. The summed E-state index contributed by atoms with van der Waals surface area (Å²) in [5.74, 6) is -1.40. The van der Waals surface area contributed by atoms with Crippen molar-refractivity contribution >= 4 is 21.9 Å². The van der Waals surface area contributed by atoms with Crippen LogP contribution in [0.1, 0.15) is 18.4 Å². The minimum atomic E-state index is -0.867. The van der Waals surface area contributed by atoms with Crippen molar-refractivity contribution in [2.24, 2.45) is 0 Å². The fraction of sp³-hybridized carbons (Fsp3) is 0.333. The van der Waals surface area contributed by atoms with Crippen molar-refractivity contribution in [3.63, 3.8) is 0 Å². The van der Waals surface area contributed by atoms with Gasteiger partial charge in [-0.25, -0.2) is 4.98 Å². The number of halogens is 2. The summed E-state index contributed by atoms with van der Waals surface area (Å²) < 4.78 is 13.7. The van der Waals surface area contributed by atoms with Gasteiger partial charge in [-0.05, 0) is 34.8 Å². The average Bonchev–Trinajstić information content (AvgIpc) is 2.10. The van der Waals surface area contributed by atoms with E-state index in [9.17, 15) is 9.18 Å². The van der Waals surface area contributed by atoms with Crippen LogP contribution in [0.4, 0.5) is 4.39 Å². The molecule has 0 aromatic carbocycles. The number of rotatable bonds is 4. The molecule has 1 aromatic rings. The second-order valence-electron chi connectivity index (χ2n) is 2.85. The summed E-state index contributed by atoms with van der Waals surface area (Å²) in [6.07, 6.45) is 2.23. The third-order valence-electron chi connectivity index (χ3n) is 1.72. The molecule has 0 aliphatic heterocycles. The number of hydrogen-bond acceptors (Lipinski definition) is 2. The standard InChI is InChI=1S/C9H9BrFNO2/c10-7-4-6(9(11)12-5-7)2-1-3-8(13)14/h4-5H,1-3H2,(H,13,14). The van der Waals surface area contributed by atoms with E-state index in [0.717, 1.165) is 0 Å². The van der Waals surface area contributed by atoms with Gasteiger partial charge < -0.3 is 5.11 Å².